The standard InChI is InChI=1S/C18H20ClN5O/c1-12(2)17(18-23-22-15-9-5-6-10-24(15)18)21-16(25)11-20-14-8-4-3-7-13(14)19/h3-10,12,17,20H,11H2,1-2H3,(H,21,25). The zero-order valence-electron chi connectivity index (χ0n) is 14.1. The van der Waals surface area contributed by atoms with E-state index >= 15 is 0 Å². The van der Waals surface area contributed by atoms with Crippen LogP contribution in [-0.4, -0.2) is 27.0 Å². The number of halogens is 1. The first-order chi connectivity index (χ1) is 12.1. The predicted molar refractivity (Wildman–Crippen MR) is 98.7 cm³/mol. The lowest BCUT2D eigenvalue weighted by Gasteiger charge is -2.21. The quantitative estimate of drug-likeness (QED) is 0.710. The molecule has 2 aromatic heterocycles. The lowest BCUT2D eigenvalue weighted by atomic mass is 10.0. The van der Waals surface area contributed by atoms with Crippen molar-refractivity contribution in [3.05, 3.63) is 59.5 Å². The molecule has 3 aromatic rings. The largest absolute Gasteiger partial charge is 0.375 e. The van der Waals surface area contributed by atoms with E-state index in [2.05, 4.69) is 20.8 Å². The molecule has 0 saturated heterocycles. The number of aromatic nitrogens is 3. The molecular weight excluding hydrogens is 338 g/mol. The molecule has 0 aliphatic heterocycles. The van der Waals surface area contributed by atoms with E-state index < -0.39 is 0 Å². The van der Waals surface area contributed by atoms with Crippen LogP contribution in [0.5, 0.6) is 0 Å². The summed E-state index contributed by atoms with van der Waals surface area (Å²) in [6, 6.07) is 12.8. The molecule has 0 aliphatic carbocycles. The molecule has 0 fully saturated rings. The first kappa shape index (κ1) is 17.2. The molecule has 0 bridgehead atoms. The highest BCUT2D eigenvalue weighted by atomic mass is 35.5. The average Bonchev–Trinajstić information content (AvgIpc) is 3.02. The summed E-state index contributed by atoms with van der Waals surface area (Å²) in [6.45, 7) is 4.20. The van der Waals surface area contributed by atoms with Crippen LogP contribution in [0.15, 0.2) is 48.7 Å². The molecule has 6 nitrogen and oxygen atoms in total. The number of rotatable bonds is 6. The van der Waals surface area contributed by atoms with Gasteiger partial charge in [-0.25, -0.2) is 0 Å². The number of amides is 1. The maximum atomic E-state index is 12.4. The van der Waals surface area contributed by atoms with Crippen LogP contribution in [0.25, 0.3) is 5.65 Å². The van der Waals surface area contributed by atoms with Crippen molar-refractivity contribution in [3.8, 4) is 0 Å². The van der Waals surface area contributed by atoms with E-state index in [1.165, 1.54) is 0 Å². The Morgan fingerprint density at radius 1 is 1.16 bits per heavy atom. The molecule has 0 aliphatic rings. The number of nitrogens with zero attached hydrogens (tertiary/aromatic N) is 3. The van der Waals surface area contributed by atoms with Crippen LogP contribution < -0.4 is 10.6 Å². The van der Waals surface area contributed by atoms with Gasteiger partial charge in [0, 0.05) is 6.20 Å². The molecule has 1 atom stereocenters. The number of fused-ring (bicyclic) bond motifs is 1. The number of benzene rings is 1. The highest BCUT2D eigenvalue weighted by Crippen LogP contribution is 2.22. The van der Waals surface area contributed by atoms with Gasteiger partial charge in [-0.05, 0) is 30.2 Å². The summed E-state index contributed by atoms with van der Waals surface area (Å²) in [5, 5.41) is 15.1. The molecule has 7 heteroatoms. The van der Waals surface area contributed by atoms with Gasteiger partial charge in [-0.1, -0.05) is 43.6 Å². The fraction of sp³-hybridized carbons (Fsp3) is 0.278. The zero-order valence-corrected chi connectivity index (χ0v) is 14.9. The number of nitrogens with one attached hydrogen (secondary N) is 2. The van der Waals surface area contributed by atoms with E-state index in [1.54, 1.807) is 6.07 Å². The summed E-state index contributed by atoms with van der Waals surface area (Å²) in [4.78, 5) is 12.4. The van der Waals surface area contributed by atoms with E-state index in [9.17, 15) is 4.79 Å². The molecule has 1 unspecified atom stereocenters. The molecule has 2 heterocycles. The normalized spacial score (nSPS) is 12.3. The highest BCUT2D eigenvalue weighted by Gasteiger charge is 2.23. The number of carbonyl (C=O) groups is 1. The van der Waals surface area contributed by atoms with Gasteiger partial charge >= 0.3 is 0 Å². The Hall–Kier alpha value is -2.60. The second-order valence-corrected chi connectivity index (χ2v) is 6.52. The van der Waals surface area contributed by atoms with Gasteiger partial charge in [-0.15, -0.1) is 10.2 Å². The molecule has 25 heavy (non-hydrogen) atoms. The highest BCUT2D eigenvalue weighted by molar-refractivity contribution is 6.33. The third-order valence-electron chi connectivity index (χ3n) is 3.91. The Kier molecular flexibility index (Phi) is 5.19. The summed E-state index contributed by atoms with van der Waals surface area (Å²) in [5.74, 6) is 0.750. The van der Waals surface area contributed by atoms with Crippen LogP contribution in [0.3, 0.4) is 0 Å². The van der Waals surface area contributed by atoms with Gasteiger partial charge in [0.2, 0.25) is 5.91 Å². The topological polar surface area (TPSA) is 71.3 Å². The number of hydrogen-bond acceptors (Lipinski definition) is 4. The Labute approximate surface area is 151 Å². The molecule has 130 valence electrons. The first-order valence-electron chi connectivity index (χ1n) is 8.13. The van der Waals surface area contributed by atoms with Crippen LogP contribution in [0.4, 0.5) is 5.69 Å². The monoisotopic (exact) mass is 357 g/mol. The predicted octanol–water partition coefficient (Wildman–Crippen LogP) is 3.31. The zero-order chi connectivity index (χ0) is 17.8. The molecule has 1 aromatic carbocycles. The lowest BCUT2D eigenvalue weighted by molar-refractivity contribution is -0.120. The molecule has 2 N–H and O–H groups in total. The van der Waals surface area contributed by atoms with E-state index in [-0.39, 0.29) is 24.4 Å². The lowest BCUT2D eigenvalue weighted by Crippen LogP contribution is -2.36. The van der Waals surface area contributed by atoms with Crippen LogP contribution in [0.1, 0.15) is 25.7 Å². The number of carbonyl (C=O) groups excluding carboxylic acids is 1. The van der Waals surface area contributed by atoms with Gasteiger partial charge in [0.15, 0.2) is 11.5 Å². The number of para-hydroxylation sites is 1. The minimum absolute atomic E-state index is 0.129. The number of hydrogen-bond donors (Lipinski definition) is 2. The van der Waals surface area contributed by atoms with Crippen molar-refractivity contribution in [2.75, 3.05) is 11.9 Å². The summed E-state index contributed by atoms with van der Waals surface area (Å²) in [5.41, 5.74) is 1.49. The molecule has 0 radical (unpaired) electrons. The second-order valence-electron chi connectivity index (χ2n) is 6.11. The van der Waals surface area contributed by atoms with Crippen molar-refractivity contribution in [1.82, 2.24) is 19.9 Å². The second kappa shape index (κ2) is 7.53. The maximum Gasteiger partial charge on any atom is 0.239 e. The first-order valence-corrected chi connectivity index (χ1v) is 8.51. The number of pyridine rings is 1. The number of anilines is 1. The Balaban J connectivity index is 1.72. The third kappa shape index (κ3) is 3.91. The summed E-state index contributed by atoms with van der Waals surface area (Å²) < 4.78 is 1.90. The Morgan fingerprint density at radius 3 is 2.68 bits per heavy atom. The maximum absolute atomic E-state index is 12.4. The van der Waals surface area contributed by atoms with Crippen molar-refractivity contribution >= 4 is 28.8 Å². The van der Waals surface area contributed by atoms with Crippen LogP contribution in [0, 0.1) is 5.92 Å². The SMILES string of the molecule is CC(C)C(NC(=O)CNc1ccccc1Cl)c1nnc2ccccn12. The minimum Gasteiger partial charge on any atom is -0.375 e. The average molecular weight is 358 g/mol. The van der Waals surface area contributed by atoms with Gasteiger partial charge in [0.05, 0.1) is 23.3 Å². The van der Waals surface area contributed by atoms with Gasteiger partial charge in [0.1, 0.15) is 0 Å². The van der Waals surface area contributed by atoms with Gasteiger partial charge in [-0.2, -0.15) is 0 Å². The Bertz CT molecular complexity index is 877. The summed E-state index contributed by atoms with van der Waals surface area (Å²) in [6.07, 6.45) is 1.90. The van der Waals surface area contributed by atoms with Gasteiger partial charge in [-0.3, -0.25) is 9.20 Å². The van der Waals surface area contributed by atoms with E-state index in [0.29, 0.717) is 5.02 Å². The third-order valence-corrected chi connectivity index (χ3v) is 4.24. The van der Waals surface area contributed by atoms with Crippen molar-refractivity contribution in [1.29, 1.82) is 0 Å². The van der Waals surface area contributed by atoms with Crippen molar-refractivity contribution in [2.24, 2.45) is 5.92 Å². The van der Waals surface area contributed by atoms with Crippen LogP contribution in [0.2, 0.25) is 5.02 Å². The molecule has 0 spiro atoms. The van der Waals surface area contributed by atoms with Crippen molar-refractivity contribution in [2.45, 2.75) is 19.9 Å². The van der Waals surface area contributed by atoms with E-state index in [0.717, 1.165) is 17.2 Å². The van der Waals surface area contributed by atoms with Crippen molar-refractivity contribution in [3.63, 3.8) is 0 Å². The molecule has 1 amide bonds. The minimum atomic E-state index is -0.238. The fourth-order valence-corrected chi connectivity index (χ4v) is 2.81. The van der Waals surface area contributed by atoms with Gasteiger partial charge < -0.3 is 10.6 Å². The van der Waals surface area contributed by atoms with Gasteiger partial charge in [0.25, 0.3) is 0 Å². The van der Waals surface area contributed by atoms with Crippen LogP contribution in [-0.2, 0) is 4.79 Å². The van der Waals surface area contributed by atoms with E-state index in [1.807, 2.05) is 60.8 Å². The summed E-state index contributed by atoms with van der Waals surface area (Å²) >= 11 is 6.09. The molecule has 3 rings (SSSR count). The molecule has 0 saturated carbocycles. The van der Waals surface area contributed by atoms with E-state index in [4.69, 9.17) is 11.6 Å². The smallest absolute Gasteiger partial charge is 0.239 e. The fourth-order valence-electron chi connectivity index (χ4n) is 2.61. The Morgan fingerprint density at radius 2 is 1.92 bits per heavy atom. The van der Waals surface area contributed by atoms with Crippen molar-refractivity contribution < 1.29 is 4.79 Å². The van der Waals surface area contributed by atoms with Crippen LogP contribution >= 0.6 is 11.6 Å². The summed E-state index contributed by atoms with van der Waals surface area (Å²) in [7, 11) is 0. The molecular formula is C18H20ClN5O.